The minimum atomic E-state index is 0.600. The summed E-state index contributed by atoms with van der Waals surface area (Å²) in [6, 6.07) is 24.6. The highest BCUT2D eigenvalue weighted by Crippen LogP contribution is 2.42. The summed E-state index contributed by atoms with van der Waals surface area (Å²) in [5.41, 5.74) is 4.96. The SMILES string of the molecule is COc1[c]c(CCCc2ccccc2)c(CCc2ccccc2)c(OC)c1OC. The quantitative estimate of drug-likeness (QED) is 0.460. The smallest absolute Gasteiger partial charge is 0.204 e. The average Bonchev–Trinajstić information content (AvgIpc) is 2.78. The number of aryl methyl sites for hydroxylation is 3. The second-order valence-electron chi connectivity index (χ2n) is 7.01. The van der Waals surface area contributed by atoms with Crippen LogP contribution >= 0.6 is 0 Å². The number of hydrogen-bond acceptors (Lipinski definition) is 3. The maximum atomic E-state index is 5.78. The Balaban J connectivity index is 1.86. The summed E-state index contributed by atoms with van der Waals surface area (Å²) < 4.78 is 16.9. The normalized spacial score (nSPS) is 10.6. The number of rotatable bonds is 10. The zero-order valence-corrected chi connectivity index (χ0v) is 17.5. The molecule has 0 aliphatic carbocycles. The summed E-state index contributed by atoms with van der Waals surface area (Å²) in [7, 11) is 4.98. The summed E-state index contributed by atoms with van der Waals surface area (Å²) in [5, 5.41) is 0. The molecule has 0 aromatic heterocycles. The maximum absolute atomic E-state index is 5.78. The molecule has 0 fully saturated rings. The van der Waals surface area contributed by atoms with Crippen LogP contribution in [0.4, 0.5) is 0 Å². The summed E-state index contributed by atoms with van der Waals surface area (Å²) in [4.78, 5) is 0. The van der Waals surface area contributed by atoms with Gasteiger partial charge < -0.3 is 14.2 Å². The third kappa shape index (κ3) is 5.32. The largest absolute Gasteiger partial charge is 0.492 e. The highest BCUT2D eigenvalue weighted by atomic mass is 16.5. The van der Waals surface area contributed by atoms with Crippen molar-refractivity contribution < 1.29 is 14.2 Å². The van der Waals surface area contributed by atoms with Gasteiger partial charge in [0, 0.05) is 11.6 Å². The van der Waals surface area contributed by atoms with Gasteiger partial charge in [-0.3, -0.25) is 0 Å². The maximum Gasteiger partial charge on any atom is 0.204 e. The van der Waals surface area contributed by atoms with Crippen molar-refractivity contribution in [2.24, 2.45) is 0 Å². The van der Waals surface area contributed by atoms with E-state index in [1.807, 2.05) is 6.07 Å². The minimum absolute atomic E-state index is 0.600. The molecule has 3 aromatic carbocycles. The third-order valence-electron chi connectivity index (χ3n) is 5.17. The van der Waals surface area contributed by atoms with Gasteiger partial charge in [-0.2, -0.15) is 0 Å². The van der Waals surface area contributed by atoms with Crippen LogP contribution in [0.3, 0.4) is 0 Å². The van der Waals surface area contributed by atoms with Crippen LogP contribution in [0.25, 0.3) is 0 Å². The van der Waals surface area contributed by atoms with E-state index in [0.717, 1.165) is 49.0 Å². The zero-order chi connectivity index (χ0) is 20.5. The predicted molar refractivity (Wildman–Crippen MR) is 117 cm³/mol. The van der Waals surface area contributed by atoms with Crippen LogP contribution in [0.5, 0.6) is 17.2 Å². The molecular weight excluding hydrogens is 360 g/mol. The van der Waals surface area contributed by atoms with Gasteiger partial charge in [-0.1, -0.05) is 60.7 Å². The van der Waals surface area contributed by atoms with Crippen molar-refractivity contribution in [3.63, 3.8) is 0 Å². The number of benzene rings is 3. The van der Waals surface area contributed by atoms with Crippen molar-refractivity contribution in [2.45, 2.75) is 32.1 Å². The van der Waals surface area contributed by atoms with Gasteiger partial charge in [0.05, 0.1) is 21.3 Å². The Morgan fingerprint density at radius 3 is 1.76 bits per heavy atom. The molecule has 3 aromatic rings. The van der Waals surface area contributed by atoms with Crippen molar-refractivity contribution in [1.29, 1.82) is 0 Å². The molecule has 0 heterocycles. The van der Waals surface area contributed by atoms with Crippen LogP contribution in [0.1, 0.15) is 28.7 Å². The molecule has 0 amide bonds. The van der Waals surface area contributed by atoms with Crippen LogP contribution in [0, 0.1) is 6.07 Å². The van der Waals surface area contributed by atoms with E-state index in [1.54, 1.807) is 21.3 Å². The standard InChI is InChI=1S/C26H29O3/c1-27-24-19-22(16-10-15-20-11-6-4-7-12-20)23(25(28-2)26(24)29-3)18-17-21-13-8-5-9-14-21/h4-9,11-14H,10,15-18H2,1-3H3. The summed E-state index contributed by atoms with van der Waals surface area (Å²) >= 11 is 0. The summed E-state index contributed by atoms with van der Waals surface area (Å²) in [6.45, 7) is 0. The van der Waals surface area contributed by atoms with E-state index < -0.39 is 0 Å². The van der Waals surface area contributed by atoms with Crippen LogP contribution in [-0.4, -0.2) is 21.3 Å². The molecule has 3 nitrogen and oxygen atoms in total. The Labute approximate surface area is 174 Å². The second-order valence-corrected chi connectivity index (χ2v) is 7.01. The first-order valence-corrected chi connectivity index (χ1v) is 10.1. The Bertz CT molecular complexity index is 889. The monoisotopic (exact) mass is 389 g/mol. The van der Waals surface area contributed by atoms with Crippen molar-refractivity contribution in [2.75, 3.05) is 21.3 Å². The van der Waals surface area contributed by atoms with Gasteiger partial charge in [0.25, 0.3) is 0 Å². The molecule has 0 spiro atoms. The zero-order valence-electron chi connectivity index (χ0n) is 17.5. The van der Waals surface area contributed by atoms with Crippen LogP contribution in [0.15, 0.2) is 60.7 Å². The first-order chi connectivity index (χ1) is 14.3. The molecule has 0 aliphatic rings. The predicted octanol–water partition coefficient (Wildman–Crippen LogP) is 5.47. The van der Waals surface area contributed by atoms with E-state index in [2.05, 4.69) is 60.7 Å². The van der Waals surface area contributed by atoms with Gasteiger partial charge in [0.2, 0.25) is 5.75 Å². The highest BCUT2D eigenvalue weighted by Gasteiger charge is 2.20. The molecule has 1 radical (unpaired) electrons. The van der Waals surface area contributed by atoms with E-state index in [0.29, 0.717) is 11.5 Å². The lowest BCUT2D eigenvalue weighted by atomic mass is 9.94. The minimum Gasteiger partial charge on any atom is -0.492 e. The molecule has 0 saturated carbocycles. The average molecular weight is 390 g/mol. The molecule has 3 rings (SSSR count). The van der Waals surface area contributed by atoms with Crippen LogP contribution < -0.4 is 14.2 Å². The van der Waals surface area contributed by atoms with E-state index in [-0.39, 0.29) is 0 Å². The lowest BCUT2D eigenvalue weighted by molar-refractivity contribution is 0.321. The molecule has 151 valence electrons. The van der Waals surface area contributed by atoms with Crippen LogP contribution in [-0.2, 0) is 25.7 Å². The van der Waals surface area contributed by atoms with E-state index in [9.17, 15) is 0 Å². The molecular formula is C26H29O3. The van der Waals surface area contributed by atoms with Crippen molar-refractivity contribution >= 4 is 0 Å². The third-order valence-corrected chi connectivity index (χ3v) is 5.17. The van der Waals surface area contributed by atoms with Gasteiger partial charge in [0.15, 0.2) is 11.5 Å². The molecule has 0 unspecified atom stereocenters. The van der Waals surface area contributed by atoms with E-state index >= 15 is 0 Å². The molecule has 3 heteroatoms. The molecule has 0 N–H and O–H groups in total. The second kappa shape index (κ2) is 10.6. The first-order valence-electron chi connectivity index (χ1n) is 10.1. The van der Waals surface area contributed by atoms with Gasteiger partial charge in [-0.05, 0) is 48.8 Å². The van der Waals surface area contributed by atoms with Crippen molar-refractivity contribution in [3.05, 3.63) is 89.0 Å². The summed E-state index contributed by atoms with van der Waals surface area (Å²) in [6.07, 6.45) is 4.79. The number of hydrogen-bond donors (Lipinski definition) is 0. The van der Waals surface area contributed by atoms with Gasteiger partial charge in [-0.25, -0.2) is 0 Å². The Hall–Kier alpha value is -2.94. The summed E-state index contributed by atoms with van der Waals surface area (Å²) in [5.74, 6) is 1.97. The Kier molecular flexibility index (Phi) is 7.57. The lowest BCUT2D eigenvalue weighted by Gasteiger charge is -2.19. The van der Waals surface area contributed by atoms with Gasteiger partial charge in [-0.15, -0.1) is 0 Å². The van der Waals surface area contributed by atoms with Crippen LogP contribution in [0.2, 0.25) is 0 Å². The topological polar surface area (TPSA) is 27.7 Å². The van der Waals surface area contributed by atoms with Gasteiger partial charge in [0.1, 0.15) is 0 Å². The lowest BCUT2D eigenvalue weighted by Crippen LogP contribution is -2.06. The van der Waals surface area contributed by atoms with Crippen molar-refractivity contribution in [1.82, 2.24) is 0 Å². The molecule has 0 bridgehead atoms. The number of ether oxygens (including phenoxy) is 3. The molecule has 0 aliphatic heterocycles. The van der Waals surface area contributed by atoms with Gasteiger partial charge >= 0.3 is 0 Å². The Morgan fingerprint density at radius 2 is 1.21 bits per heavy atom. The fourth-order valence-corrected chi connectivity index (χ4v) is 3.70. The first kappa shape index (κ1) is 20.8. The number of methoxy groups -OCH3 is 3. The molecule has 29 heavy (non-hydrogen) atoms. The molecule has 0 saturated heterocycles. The fraction of sp³-hybridized carbons (Fsp3) is 0.308. The van der Waals surface area contributed by atoms with E-state index in [1.165, 1.54) is 11.1 Å². The highest BCUT2D eigenvalue weighted by molar-refractivity contribution is 5.58. The van der Waals surface area contributed by atoms with Crippen molar-refractivity contribution in [3.8, 4) is 17.2 Å². The molecule has 0 atom stereocenters. The fourth-order valence-electron chi connectivity index (χ4n) is 3.70. The Morgan fingerprint density at radius 1 is 0.621 bits per heavy atom. The van der Waals surface area contributed by atoms with E-state index in [4.69, 9.17) is 14.2 Å².